The molecule has 134 valence electrons. The average molecular weight is 366 g/mol. The van der Waals surface area contributed by atoms with Crippen molar-refractivity contribution in [1.29, 1.82) is 0 Å². The number of fused-ring (bicyclic) bond motifs is 5. The van der Waals surface area contributed by atoms with Crippen molar-refractivity contribution in [3.05, 3.63) is 52.6 Å². The number of carbonyl (C=O) groups is 1. The Balaban J connectivity index is 1.37. The third-order valence-electron chi connectivity index (χ3n) is 5.72. The lowest BCUT2D eigenvalue weighted by Gasteiger charge is -2.36. The van der Waals surface area contributed by atoms with Crippen molar-refractivity contribution >= 4 is 28.1 Å². The molecule has 3 fully saturated rings. The molecule has 3 saturated heterocycles. The summed E-state index contributed by atoms with van der Waals surface area (Å²) in [6.07, 6.45) is 4.25. The Hall–Kier alpha value is -2.18. The number of hydrogen-bond acceptors (Lipinski definition) is 4. The predicted octanol–water partition coefficient (Wildman–Crippen LogP) is 3.36. The van der Waals surface area contributed by atoms with Crippen molar-refractivity contribution in [2.45, 2.75) is 25.4 Å². The van der Waals surface area contributed by atoms with Crippen LogP contribution in [-0.4, -0.2) is 51.4 Å². The maximum absolute atomic E-state index is 13.2. The molecule has 1 N–H and O–H groups in total. The molecule has 6 rings (SSSR count). The van der Waals surface area contributed by atoms with Gasteiger partial charge in [0.1, 0.15) is 0 Å². The number of piperidine rings is 1. The topological polar surface area (TPSA) is 52.2 Å². The largest absolute Gasteiger partial charge is 0.361 e. The number of amides is 1. The maximum atomic E-state index is 13.2. The van der Waals surface area contributed by atoms with Crippen LogP contribution in [0.5, 0.6) is 0 Å². The van der Waals surface area contributed by atoms with Gasteiger partial charge >= 0.3 is 0 Å². The molecule has 5 nitrogen and oxygen atoms in total. The number of rotatable bonds is 3. The molecule has 6 heteroatoms. The first-order valence-electron chi connectivity index (χ1n) is 9.24. The number of benzene rings is 1. The molecule has 2 bridgehead atoms. The average Bonchev–Trinajstić information content (AvgIpc) is 3.26. The molecular weight excluding hydrogens is 344 g/mol. The van der Waals surface area contributed by atoms with E-state index in [4.69, 9.17) is 0 Å². The van der Waals surface area contributed by atoms with Gasteiger partial charge in [0.15, 0.2) is 0 Å². The summed E-state index contributed by atoms with van der Waals surface area (Å²) >= 11 is 1.65. The molecule has 1 amide bonds. The van der Waals surface area contributed by atoms with Crippen molar-refractivity contribution in [1.82, 2.24) is 19.8 Å². The monoisotopic (exact) mass is 366 g/mol. The van der Waals surface area contributed by atoms with Crippen LogP contribution < -0.4 is 0 Å². The number of nitrogens with one attached hydrogen (secondary N) is 1. The molecule has 0 unspecified atom stereocenters. The molecule has 3 aliphatic rings. The zero-order chi connectivity index (χ0) is 17.5. The summed E-state index contributed by atoms with van der Waals surface area (Å²) < 4.78 is 0. The minimum absolute atomic E-state index is 0.173. The third-order valence-corrected chi connectivity index (χ3v) is 6.36. The van der Waals surface area contributed by atoms with Crippen LogP contribution in [0.15, 0.2) is 41.4 Å². The zero-order valence-corrected chi connectivity index (χ0v) is 15.4. The van der Waals surface area contributed by atoms with Gasteiger partial charge in [-0.3, -0.25) is 9.69 Å². The highest BCUT2D eigenvalue weighted by Crippen LogP contribution is 2.30. The van der Waals surface area contributed by atoms with E-state index in [9.17, 15) is 4.79 Å². The van der Waals surface area contributed by atoms with Crippen LogP contribution in [-0.2, 0) is 6.54 Å². The third kappa shape index (κ3) is 2.93. The fourth-order valence-electron chi connectivity index (χ4n) is 4.45. The van der Waals surface area contributed by atoms with E-state index in [0.717, 1.165) is 54.8 Å². The summed E-state index contributed by atoms with van der Waals surface area (Å²) in [6, 6.07) is 8.32. The van der Waals surface area contributed by atoms with Gasteiger partial charge in [0.25, 0.3) is 5.91 Å². The predicted molar refractivity (Wildman–Crippen MR) is 103 cm³/mol. The van der Waals surface area contributed by atoms with Gasteiger partial charge in [0, 0.05) is 54.9 Å². The molecule has 1 aromatic carbocycles. The highest BCUT2D eigenvalue weighted by molar-refractivity contribution is 7.07. The van der Waals surface area contributed by atoms with Crippen LogP contribution in [0.3, 0.4) is 0 Å². The Morgan fingerprint density at radius 2 is 2.19 bits per heavy atom. The quantitative estimate of drug-likeness (QED) is 0.773. The number of aromatic amines is 1. The van der Waals surface area contributed by atoms with Crippen LogP contribution in [0.2, 0.25) is 0 Å². The first-order chi connectivity index (χ1) is 12.8. The van der Waals surface area contributed by atoms with E-state index >= 15 is 0 Å². The van der Waals surface area contributed by atoms with E-state index < -0.39 is 0 Å². The maximum Gasteiger partial charge on any atom is 0.254 e. The second kappa shape index (κ2) is 6.52. The Morgan fingerprint density at radius 1 is 1.23 bits per heavy atom. The Morgan fingerprint density at radius 3 is 3.08 bits per heavy atom. The van der Waals surface area contributed by atoms with Crippen LogP contribution in [0, 0.1) is 5.92 Å². The number of H-pyrrole nitrogens is 1. The second-order valence-electron chi connectivity index (χ2n) is 7.51. The van der Waals surface area contributed by atoms with Crippen LogP contribution in [0.1, 0.15) is 28.9 Å². The number of carbonyl (C=O) groups excluding carboxylic acids is 1. The molecule has 2 atom stereocenters. The summed E-state index contributed by atoms with van der Waals surface area (Å²) in [6.45, 7) is 3.78. The highest BCUT2D eigenvalue weighted by Gasteiger charge is 2.37. The van der Waals surface area contributed by atoms with Gasteiger partial charge in [-0.05, 0) is 42.3 Å². The number of nitrogens with zero attached hydrogens (tertiary/aromatic N) is 3. The molecule has 0 aliphatic carbocycles. The van der Waals surface area contributed by atoms with Crippen LogP contribution >= 0.6 is 11.3 Å². The van der Waals surface area contributed by atoms with E-state index in [2.05, 4.69) is 25.1 Å². The van der Waals surface area contributed by atoms with Crippen molar-refractivity contribution in [3.8, 4) is 0 Å². The van der Waals surface area contributed by atoms with Crippen LogP contribution in [0.4, 0.5) is 0 Å². The van der Waals surface area contributed by atoms with E-state index in [-0.39, 0.29) is 5.91 Å². The van der Waals surface area contributed by atoms with Crippen molar-refractivity contribution in [2.24, 2.45) is 5.92 Å². The zero-order valence-electron chi connectivity index (χ0n) is 14.6. The van der Waals surface area contributed by atoms with Gasteiger partial charge in [0.2, 0.25) is 0 Å². The summed E-state index contributed by atoms with van der Waals surface area (Å²) in [5.74, 6) is 0.734. The Labute approximate surface area is 156 Å². The number of thiazole rings is 1. The molecule has 2 aromatic heterocycles. The van der Waals surface area contributed by atoms with E-state index in [1.54, 1.807) is 11.3 Å². The summed E-state index contributed by atoms with van der Waals surface area (Å²) in [5, 5.41) is 3.27. The van der Waals surface area contributed by atoms with Gasteiger partial charge in [-0.15, -0.1) is 11.3 Å². The minimum atomic E-state index is 0.173. The normalized spacial score (nSPS) is 23.5. The lowest BCUT2D eigenvalue weighted by Crippen LogP contribution is -2.47. The van der Waals surface area contributed by atoms with E-state index in [1.807, 2.05) is 36.0 Å². The molecule has 0 saturated carbocycles. The van der Waals surface area contributed by atoms with Crippen molar-refractivity contribution in [3.63, 3.8) is 0 Å². The Bertz CT molecular complexity index is 919. The smallest absolute Gasteiger partial charge is 0.254 e. The molecule has 0 spiro atoms. The SMILES string of the molecule is O=C(c1ccc2cc[nH]c2c1)N1C[C@H]2CC[C@@H]1CN(Cc1cscn1)C2. The number of aromatic nitrogens is 2. The molecular formula is C20H22N4OS. The van der Waals surface area contributed by atoms with Gasteiger partial charge in [-0.1, -0.05) is 6.07 Å². The van der Waals surface area contributed by atoms with Crippen molar-refractivity contribution in [2.75, 3.05) is 19.6 Å². The fraction of sp³-hybridized carbons (Fsp3) is 0.400. The van der Waals surface area contributed by atoms with Gasteiger partial charge in [-0.25, -0.2) is 4.98 Å². The van der Waals surface area contributed by atoms with Gasteiger partial charge in [0.05, 0.1) is 11.2 Å². The summed E-state index contributed by atoms with van der Waals surface area (Å²) in [5.41, 5.74) is 4.86. The minimum Gasteiger partial charge on any atom is -0.361 e. The van der Waals surface area contributed by atoms with Gasteiger partial charge < -0.3 is 9.88 Å². The molecule has 3 aliphatic heterocycles. The Kier molecular flexibility index (Phi) is 4.02. The molecule has 5 heterocycles. The summed E-state index contributed by atoms with van der Waals surface area (Å²) in [7, 11) is 0. The standard InChI is InChI=1S/C20H22N4OS/c25-20(16-3-2-15-5-6-21-19(15)7-16)24-9-14-1-4-18(24)11-23(8-14)10-17-12-26-13-22-17/h2-3,5-7,12-14,18,21H,1,4,8-11H2/t14-,18+/m0/s1. The van der Waals surface area contributed by atoms with Gasteiger partial charge in [-0.2, -0.15) is 0 Å². The number of hydrogen-bond donors (Lipinski definition) is 1. The van der Waals surface area contributed by atoms with E-state index in [0.29, 0.717) is 12.0 Å². The van der Waals surface area contributed by atoms with Crippen molar-refractivity contribution < 1.29 is 4.79 Å². The lowest BCUT2D eigenvalue weighted by molar-refractivity contribution is 0.0585. The molecule has 3 aromatic rings. The first-order valence-corrected chi connectivity index (χ1v) is 10.2. The first kappa shape index (κ1) is 16.0. The molecule has 0 radical (unpaired) electrons. The molecule has 26 heavy (non-hydrogen) atoms. The summed E-state index contributed by atoms with van der Waals surface area (Å²) in [4.78, 5) is 25.5. The van der Waals surface area contributed by atoms with Crippen LogP contribution in [0.25, 0.3) is 10.9 Å². The fourth-order valence-corrected chi connectivity index (χ4v) is 5.00. The van der Waals surface area contributed by atoms with E-state index in [1.165, 1.54) is 6.42 Å². The lowest BCUT2D eigenvalue weighted by atomic mass is 9.94. The highest BCUT2D eigenvalue weighted by atomic mass is 32.1. The second-order valence-corrected chi connectivity index (χ2v) is 8.23.